The number of hydrogen-bond donors (Lipinski definition) is 1. The van der Waals surface area contributed by atoms with E-state index >= 15 is 0 Å². The summed E-state index contributed by atoms with van der Waals surface area (Å²) in [4.78, 5) is 24.7. The first-order valence-corrected chi connectivity index (χ1v) is 11.1. The van der Waals surface area contributed by atoms with Crippen molar-refractivity contribution in [2.45, 2.75) is 19.8 Å². The van der Waals surface area contributed by atoms with Gasteiger partial charge in [-0.25, -0.2) is 10.2 Å². The first-order chi connectivity index (χ1) is 16.5. The van der Waals surface area contributed by atoms with Crippen molar-refractivity contribution in [1.82, 2.24) is 5.43 Å². The lowest BCUT2D eigenvalue weighted by atomic mass is 10.2. The molecule has 7 nitrogen and oxygen atoms in total. The largest absolute Gasteiger partial charge is 0.494 e. The highest BCUT2D eigenvalue weighted by atomic mass is 35.5. The molecule has 3 rings (SSSR count). The Morgan fingerprint density at radius 1 is 1.00 bits per heavy atom. The summed E-state index contributed by atoms with van der Waals surface area (Å²) in [7, 11) is 1.47. The minimum atomic E-state index is -0.520. The first-order valence-electron chi connectivity index (χ1n) is 10.7. The van der Waals surface area contributed by atoms with Gasteiger partial charge in [0.1, 0.15) is 5.75 Å². The van der Waals surface area contributed by atoms with Crippen LogP contribution in [0.1, 0.15) is 46.0 Å². The Morgan fingerprint density at radius 2 is 1.79 bits per heavy atom. The molecule has 0 aromatic heterocycles. The highest BCUT2D eigenvalue weighted by Gasteiger charge is 2.13. The van der Waals surface area contributed by atoms with Gasteiger partial charge in [-0.1, -0.05) is 31.0 Å². The molecule has 1 amide bonds. The number of rotatable bonds is 10. The number of amides is 1. The number of nitrogens with one attached hydrogen (secondary N) is 1. The Bertz CT molecular complexity index is 1160. The lowest BCUT2D eigenvalue weighted by molar-refractivity contribution is 0.0729. The van der Waals surface area contributed by atoms with E-state index in [1.807, 2.05) is 0 Å². The minimum Gasteiger partial charge on any atom is -0.494 e. The summed E-state index contributed by atoms with van der Waals surface area (Å²) in [5, 5.41) is 4.41. The zero-order chi connectivity index (χ0) is 24.3. The third-order valence-electron chi connectivity index (χ3n) is 4.71. The van der Waals surface area contributed by atoms with Crippen LogP contribution in [0, 0.1) is 0 Å². The molecule has 0 saturated carbocycles. The molecule has 0 bridgehead atoms. The molecule has 34 heavy (non-hydrogen) atoms. The molecule has 0 aliphatic rings. The highest BCUT2D eigenvalue weighted by Crippen LogP contribution is 2.28. The standard InChI is InChI=1S/C26H25ClN2O5/c1-3-4-14-33-22-11-9-19(10-12-22)26(31)34-23-13-8-18(15-24(23)32-2)17-28-29-25(30)20-6-5-7-21(27)16-20/h5-13,15-17H,3-4,14H2,1-2H3,(H,29,30)/b28-17-. The van der Waals surface area contributed by atoms with Crippen molar-refractivity contribution >= 4 is 29.7 Å². The number of methoxy groups -OCH3 is 1. The van der Waals surface area contributed by atoms with E-state index in [0.29, 0.717) is 39.8 Å². The summed E-state index contributed by atoms with van der Waals surface area (Å²) in [5.41, 5.74) is 3.85. The summed E-state index contributed by atoms with van der Waals surface area (Å²) < 4.78 is 16.5. The number of carbonyl (C=O) groups excluding carboxylic acids is 2. The van der Waals surface area contributed by atoms with Crippen LogP contribution in [0.3, 0.4) is 0 Å². The van der Waals surface area contributed by atoms with E-state index in [1.165, 1.54) is 13.3 Å². The maximum Gasteiger partial charge on any atom is 0.343 e. The number of esters is 1. The van der Waals surface area contributed by atoms with Crippen molar-refractivity contribution < 1.29 is 23.8 Å². The van der Waals surface area contributed by atoms with E-state index in [-0.39, 0.29) is 5.75 Å². The van der Waals surface area contributed by atoms with Crippen molar-refractivity contribution in [2.75, 3.05) is 13.7 Å². The fraction of sp³-hybridized carbons (Fsp3) is 0.192. The number of nitrogens with zero attached hydrogens (tertiary/aromatic N) is 1. The molecular formula is C26H25ClN2O5. The molecule has 0 aliphatic heterocycles. The number of ether oxygens (including phenoxy) is 3. The van der Waals surface area contributed by atoms with E-state index in [2.05, 4.69) is 17.5 Å². The summed E-state index contributed by atoms with van der Waals surface area (Å²) >= 11 is 5.90. The zero-order valence-electron chi connectivity index (χ0n) is 18.9. The van der Waals surface area contributed by atoms with E-state index in [1.54, 1.807) is 66.7 Å². The normalized spacial score (nSPS) is 10.7. The number of halogens is 1. The number of unbranched alkanes of at least 4 members (excludes halogenated alkanes) is 1. The van der Waals surface area contributed by atoms with Gasteiger partial charge in [0.05, 0.1) is 25.5 Å². The van der Waals surface area contributed by atoms with Gasteiger partial charge < -0.3 is 14.2 Å². The predicted molar refractivity (Wildman–Crippen MR) is 131 cm³/mol. The van der Waals surface area contributed by atoms with Crippen molar-refractivity contribution in [3.8, 4) is 17.2 Å². The van der Waals surface area contributed by atoms with Crippen LogP contribution in [-0.4, -0.2) is 31.8 Å². The molecule has 0 aliphatic carbocycles. The van der Waals surface area contributed by atoms with Crippen LogP contribution in [-0.2, 0) is 0 Å². The van der Waals surface area contributed by atoms with Gasteiger partial charge >= 0.3 is 5.97 Å². The zero-order valence-corrected chi connectivity index (χ0v) is 19.7. The summed E-state index contributed by atoms with van der Waals surface area (Å²) in [6.45, 7) is 2.73. The SMILES string of the molecule is CCCCOc1ccc(C(=O)Oc2ccc(/C=N\NC(=O)c3cccc(Cl)c3)cc2OC)cc1. The summed E-state index contributed by atoms with van der Waals surface area (Å²) in [5.74, 6) is 0.397. The van der Waals surface area contributed by atoms with Gasteiger partial charge in [-0.15, -0.1) is 0 Å². The second kappa shape index (κ2) is 12.4. The van der Waals surface area contributed by atoms with Crippen molar-refractivity contribution in [3.63, 3.8) is 0 Å². The van der Waals surface area contributed by atoms with Crippen LogP contribution in [0.4, 0.5) is 0 Å². The monoisotopic (exact) mass is 480 g/mol. The lowest BCUT2D eigenvalue weighted by Crippen LogP contribution is -2.17. The molecule has 0 unspecified atom stereocenters. The molecule has 1 N–H and O–H groups in total. The van der Waals surface area contributed by atoms with Gasteiger partial charge in [0.25, 0.3) is 5.91 Å². The van der Waals surface area contributed by atoms with Gasteiger partial charge in [0.2, 0.25) is 0 Å². The van der Waals surface area contributed by atoms with Crippen LogP contribution in [0.15, 0.2) is 71.8 Å². The molecule has 176 valence electrons. The topological polar surface area (TPSA) is 86.2 Å². The fourth-order valence-electron chi connectivity index (χ4n) is 2.89. The third kappa shape index (κ3) is 7.08. The Labute approximate surface area is 203 Å². The van der Waals surface area contributed by atoms with Crippen LogP contribution >= 0.6 is 11.6 Å². The molecular weight excluding hydrogens is 456 g/mol. The van der Waals surface area contributed by atoms with E-state index in [9.17, 15) is 9.59 Å². The molecule has 0 atom stereocenters. The summed E-state index contributed by atoms with van der Waals surface area (Å²) in [6.07, 6.45) is 3.47. The fourth-order valence-corrected chi connectivity index (χ4v) is 3.08. The smallest absolute Gasteiger partial charge is 0.343 e. The average Bonchev–Trinajstić information content (AvgIpc) is 2.85. The molecule has 8 heteroatoms. The van der Waals surface area contributed by atoms with Gasteiger partial charge in [-0.3, -0.25) is 4.79 Å². The van der Waals surface area contributed by atoms with E-state index in [0.717, 1.165) is 12.8 Å². The molecule has 0 fully saturated rings. The molecule has 0 spiro atoms. The van der Waals surface area contributed by atoms with E-state index in [4.69, 9.17) is 25.8 Å². The molecule has 0 radical (unpaired) electrons. The quantitative estimate of drug-likeness (QED) is 0.136. The van der Waals surface area contributed by atoms with Crippen molar-refractivity contribution in [2.24, 2.45) is 5.10 Å². The number of hydrazone groups is 1. The number of carbonyl (C=O) groups is 2. The van der Waals surface area contributed by atoms with E-state index < -0.39 is 11.9 Å². The molecule has 0 saturated heterocycles. The predicted octanol–water partition coefficient (Wildman–Crippen LogP) is 5.51. The van der Waals surface area contributed by atoms with Crippen molar-refractivity contribution in [1.29, 1.82) is 0 Å². The Morgan fingerprint density at radius 3 is 2.50 bits per heavy atom. The van der Waals surface area contributed by atoms with Crippen LogP contribution < -0.4 is 19.6 Å². The molecule has 3 aromatic rings. The molecule has 3 aromatic carbocycles. The van der Waals surface area contributed by atoms with Crippen molar-refractivity contribution in [3.05, 3.63) is 88.4 Å². The second-order valence-electron chi connectivity index (χ2n) is 7.24. The van der Waals surface area contributed by atoms with Gasteiger partial charge in [-0.2, -0.15) is 5.10 Å². The maximum absolute atomic E-state index is 12.5. The lowest BCUT2D eigenvalue weighted by Gasteiger charge is -2.10. The third-order valence-corrected chi connectivity index (χ3v) is 4.95. The average molecular weight is 481 g/mol. The van der Waals surface area contributed by atoms with Crippen LogP contribution in [0.25, 0.3) is 0 Å². The Hall–Kier alpha value is -3.84. The second-order valence-corrected chi connectivity index (χ2v) is 7.67. The first kappa shape index (κ1) is 24.8. The summed E-state index contributed by atoms with van der Waals surface area (Å²) in [6, 6.07) is 18.2. The Balaban J connectivity index is 1.61. The minimum absolute atomic E-state index is 0.260. The maximum atomic E-state index is 12.5. The number of benzene rings is 3. The van der Waals surface area contributed by atoms with Crippen LogP contribution in [0.2, 0.25) is 5.02 Å². The van der Waals surface area contributed by atoms with Crippen LogP contribution in [0.5, 0.6) is 17.2 Å². The molecule has 0 heterocycles. The van der Waals surface area contributed by atoms with Gasteiger partial charge in [0, 0.05) is 10.6 Å². The Kier molecular flexibility index (Phi) is 9.05. The highest BCUT2D eigenvalue weighted by molar-refractivity contribution is 6.30. The van der Waals surface area contributed by atoms with Gasteiger partial charge in [-0.05, 0) is 72.6 Å². The number of hydrogen-bond acceptors (Lipinski definition) is 6. The van der Waals surface area contributed by atoms with Gasteiger partial charge in [0.15, 0.2) is 11.5 Å².